The van der Waals surface area contributed by atoms with Crippen LogP contribution in [0.4, 0.5) is 0 Å². The first-order valence-electron chi connectivity index (χ1n) is 9.84. The zero-order valence-corrected chi connectivity index (χ0v) is 17.9. The van der Waals surface area contributed by atoms with Gasteiger partial charge < -0.3 is 42.7 Å². The lowest BCUT2D eigenvalue weighted by Crippen LogP contribution is -2.59. The summed E-state index contributed by atoms with van der Waals surface area (Å²) in [7, 11) is 0. The predicted molar refractivity (Wildman–Crippen MR) is 109 cm³/mol. The Balaban J connectivity index is 5.54. The molecule has 0 aliphatic carbocycles. The van der Waals surface area contributed by atoms with Gasteiger partial charge >= 0.3 is 11.9 Å². The van der Waals surface area contributed by atoms with Gasteiger partial charge in [-0.2, -0.15) is 0 Å². The number of primary amides is 1. The fourth-order valence-corrected chi connectivity index (χ4v) is 2.51. The quantitative estimate of drug-likeness (QED) is 0.120. The average molecular weight is 461 g/mol. The monoisotopic (exact) mass is 461 g/mol. The lowest BCUT2D eigenvalue weighted by atomic mass is 9.97. The van der Waals surface area contributed by atoms with E-state index in [1.807, 2.05) is 0 Å². The molecule has 10 N–H and O–H groups in total. The summed E-state index contributed by atoms with van der Waals surface area (Å²) >= 11 is 0. The number of aliphatic hydroxyl groups excluding tert-OH is 1. The second-order valence-electron chi connectivity index (χ2n) is 7.22. The van der Waals surface area contributed by atoms with Crippen molar-refractivity contribution in [2.75, 3.05) is 6.61 Å². The van der Waals surface area contributed by atoms with Crippen LogP contribution in [0.3, 0.4) is 0 Å². The van der Waals surface area contributed by atoms with Gasteiger partial charge in [-0.1, -0.05) is 20.3 Å². The van der Waals surface area contributed by atoms with Crippen molar-refractivity contribution in [1.82, 2.24) is 16.0 Å². The number of nitrogens with one attached hydrogen (secondary N) is 3. The van der Waals surface area contributed by atoms with E-state index in [1.165, 1.54) is 0 Å². The Kier molecular flexibility index (Phi) is 12.5. The van der Waals surface area contributed by atoms with Gasteiger partial charge in [0, 0.05) is 6.42 Å². The third kappa shape index (κ3) is 10.2. The van der Waals surface area contributed by atoms with Crippen LogP contribution in [0.15, 0.2) is 0 Å². The Hall–Kier alpha value is -3.26. The SMILES string of the molecule is CCC(C)C(NC(=O)C(N)CO)C(=O)NC(CC(=O)O)C(=O)NC(CCC(N)=O)C(=O)O. The molecule has 0 saturated carbocycles. The Morgan fingerprint density at radius 1 is 0.906 bits per heavy atom. The standard InChI is InChI=1S/C18H31N5O9/c1-3-8(2)14(23-15(28)9(19)7-24)17(30)22-11(6-13(26)27)16(29)21-10(18(31)32)4-5-12(20)25/h8-11,14,24H,3-7,19H2,1-2H3,(H2,20,25)(H,21,29)(H,22,30)(H,23,28)(H,26,27)(H,31,32). The number of rotatable bonds is 15. The maximum Gasteiger partial charge on any atom is 0.326 e. The van der Waals surface area contributed by atoms with Crippen molar-refractivity contribution in [2.45, 2.75) is 63.7 Å². The highest BCUT2D eigenvalue weighted by Crippen LogP contribution is 2.10. The van der Waals surface area contributed by atoms with Gasteiger partial charge in [-0.25, -0.2) is 4.79 Å². The van der Waals surface area contributed by atoms with Crippen LogP contribution in [0.5, 0.6) is 0 Å². The van der Waals surface area contributed by atoms with Gasteiger partial charge in [0.05, 0.1) is 13.0 Å². The molecule has 0 aliphatic heterocycles. The van der Waals surface area contributed by atoms with E-state index >= 15 is 0 Å². The molecule has 5 atom stereocenters. The van der Waals surface area contributed by atoms with Gasteiger partial charge in [-0.15, -0.1) is 0 Å². The van der Waals surface area contributed by atoms with Crippen LogP contribution < -0.4 is 27.4 Å². The molecular weight excluding hydrogens is 430 g/mol. The number of carbonyl (C=O) groups is 6. The van der Waals surface area contributed by atoms with E-state index in [9.17, 15) is 33.9 Å². The Bertz CT molecular complexity index is 715. The third-order valence-electron chi connectivity index (χ3n) is 4.63. The van der Waals surface area contributed by atoms with Gasteiger partial charge in [0.25, 0.3) is 0 Å². The second-order valence-corrected chi connectivity index (χ2v) is 7.22. The molecule has 32 heavy (non-hydrogen) atoms. The lowest BCUT2D eigenvalue weighted by molar-refractivity contribution is -0.144. The molecule has 0 bridgehead atoms. The molecule has 4 amide bonds. The first-order valence-corrected chi connectivity index (χ1v) is 9.84. The highest BCUT2D eigenvalue weighted by Gasteiger charge is 2.33. The van der Waals surface area contributed by atoms with Gasteiger partial charge in [-0.05, 0) is 12.3 Å². The topological polar surface area (TPSA) is 251 Å². The van der Waals surface area contributed by atoms with Crippen LogP contribution in [0, 0.1) is 5.92 Å². The molecule has 0 aromatic heterocycles. The van der Waals surface area contributed by atoms with E-state index in [0.29, 0.717) is 6.42 Å². The van der Waals surface area contributed by atoms with Gasteiger partial charge in [-0.3, -0.25) is 24.0 Å². The minimum Gasteiger partial charge on any atom is -0.481 e. The smallest absolute Gasteiger partial charge is 0.326 e. The number of amides is 4. The summed E-state index contributed by atoms with van der Waals surface area (Å²) in [5.41, 5.74) is 10.4. The van der Waals surface area contributed by atoms with Crippen molar-refractivity contribution in [3.63, 3.8) is 0 Å². The van der Waals surface area contributed by atoms with Gasteiger partial charge in [0.1, 0.15) is 24.2 Å². The van der Waals surface area contributed by atoms with E-state index < -0.39 is 78.7 Å². The second kappa shape index (κ2) is 13.9. The molecule has 0 saturated heterocycles. The molecule has 14 nitrogen and oxygen atoms in total. The summed E-state index contributed by atoms with van der Waals surface area (Å²) in [5.74, 6) is -7.04. The number of nitrogens with two attached hydrogens (primary N) is 2. The van der Waals surface area contributed by atoms with E-state index in [2.05, 4.69) is 16.0 Å². The number of carboxylic acids is 2. The van der Waals surface area contributed by atoms with Crippen molar-refractivity contribution in [3.8, 4) is 0 Å². The maximum absolute atomic E-state index is 12.7. The molecule has 0 rings (SSSR count). The maximum atomic E-state index is 12.7. The number of carbonyl (C=O) groups excluding carboxylic acids is 4. The molecule has 0 fully saturated rings. The zero-order valence-electron chi connectivity index (χ0n) is 17.9. The van der Waals surface area contributed by atoms with Crippen LogP contribution >= 0.6 is 0 Å². The summed E-state index contributed by atoms with van der Waals surface area (Å²) in [5, 5.41) is 33.9. The molecule has 0 heterocycles. The number of aliphatic hydroxyl groups is 1. The van der Waals surface area contributed by atoms with Gasteiger partial charge in [0.2, 0.25) is 23.6 Å². The highest BCUT2D eigenvalue weighted by atomic mass is 16.4. The average Bonchev–Trinajstić information content (AvgIpc) is 2.71. The largest absolute Gasteiger partial charge is 0.481 e. The molecule has 0 radical (unpaired) electrons. The van der Waals surface area contributed by atoms with Crippen molar-refractivity contribution >= 4 is 35.6 Å². The van der Waals surface area contributed by atoms with Gasteiger partial charge in [0.15, 0.2) is 0 Å². The normalized spacial score (nSPS) is 15.4. The molecule has 0 aliphatic rings. The molecule has 0 aromatic carbocycles. The third-order valence-corrected chi connectivity index (χ3v) is 4.63. The van der Waals surface area contributed by atoms with Crippen LogP contribution in [-0.2, 0) is 28.8 Å². The number of aliphatic carboxylic acids is 2. The first kappa shape index (κ1) is 28.7. The predicted octanol–water partition coefficient (Wildman–Crippen LogP) is -3.37. The molecule has 0 aromatic rings. The fraction of sp³-hybridized carbons (Fsp3) is 0.667. The Labute approximate surface area is 184 Å². The van der Waals surface area contributed by atoms with Crippen LogP contribution in [0.2, 0.25) is 0 Å². The van der Waals surface area contributed by atoms with E-state index in [4.69, 9.17) is 21.7 Å². The summed E-state index contributed by atoms with van der Waals surface area (Å²) in [4.78, 5) is 70.6. The van der Waals surface area contributed by atoms with Crippen molar-refractivity contribution in [2.24, 2.45) is 17.4 Å². The zero-order chi connectivity index (χ0) is 25.0. The molecule has 182 valence electrons. The summed E-state index contributed by atoms with van der Waals surface area (Å²) in [6.07, 6.45) is -1.15. The Morgan fingerprint density at radius 3 is 1.91 bits per heavy atom. The van der Waals surface area contributed by atoms with E-state index in [-0.39, 0.29) is 12.8 Å². The van der Waals surface area contributed by atoms with E-state index in [0.717, 1.165) is 0 Å². The lowest BCUT2D eigenvalue weighted by Gasteiger charge is -2.27. The van der Waals surface area contributed by atoms with Crippen LogP contribution in [0.1, 0.15) is 39.5 Å². The minimum absolute atomic E-state index is 0.339. The number of carboxylic acid groups (broad SMARTS) is 2. The van der Waals surface area contributed by atoms with Crippen molar-refractivity contribution in [1.29, 1.82) is 0 Å². The minimum atomic E-state index is -1.68. The van der Waals surface area contributed by atoms with Crippen molar-refractivity contribution < 1.29 is 44.1 Å². The summed E-state index contributed by atoms with van der Waals surface area (Å²) in [6.45, 7) is 2.67. The first-order chi connectivity index (χ1) is 14.8. The summed E-state index contributed by atoms with van der Waals surface area (Å²) < 4.78 is 0. The number of hydrogen-bond acceptors (Lipinski definition) is 8. The molecule has 5 unspecified atom stereocenters. The van der Waals surface area contributed by atoms with Crippen LogP contribution in [-0.4, -0.2) is 81.7 Å². The Morgan fingerprint density at radius 2 is 1.47 bits per heavy atom. The molecule has 0 spiro atoms. The molecular formula is C18H31N5O9. The van der Waals surface area contributed by atoms with Crippen LogP contribution in [0.25, 0.3) is 0 Å². The van der Waals surface area contributed by atoms with Crippen molar-refractivity contribution in [3.05, 3.63) is 0 Å². The fourth-order valence-electron chi connectivity index (χ4n) is 2.51. The number of hydrogen-bond donors (Lipinski definition) is 8. The highest BCUT2D eigenvalue weighted by molar-refractivity contribution is 5.95. The molecule has 14 heteroatoms. The summed E-state index contributed by atoms with van der Waals surface area (Å²) in [6, 6.07) is -5.73. The van der Waals surface area contributed by atoms with E-state index in [1.54, 1.807) is 13.8 Å².